The average molecular weight is 492 g/mol. The smallest absolute Gasteiger partial charge is 0.330 e. The Labute approximate surface area is 206 Å². The molecule has 1 saturated heterocycles. The molecule has 2 atom stereocenters. The Morgan fingerprint density at radius 2 is 1.72 bits per heavy atom. The van der Waals surface area contributed by atoms with E-state index in [0.29, 0.717) is 0 Å². The van der Waals surface area contributed by atoms with Crippen LogP contribution in [0.4, 0.5) is 0 Å². The Hall–Kier alpha value is -4.41. The van der Waals surface area contributed by atoms with Gasteiger partial charge >= 0.3 is 5.97 Å². The normalized spacial score (nSPS) is 18.4. The number of piperidine rings is 1. The predicted octanol–water partition coefficient (Wildman–Crippen LogP) is 1.15. The van der Waals surface area contributed by atoms with Crippen molar-refractivity contribution in [1.82, 2.24) is 20.1 Å². The molecule has 0 saturated carbocycles. The first-order valence-corrected chi connectivity index (χ1v) is 11.4. The summed E-state index contributed by atoms with van der Waals surface area (Å²) in [6.45, 7) is 2.69. The van der Waals surface area contributed by atoms with Crippen LogP contribution in [0.5, 0.6) is 0 Å². The van der Waals surface area contributed by atoms with Crippen molar-refractivity contribution < 1.29 is 33.5 Å². The third-order valence-corrected chi connectivity index (χ3v) is 6.09. The van der Waals surface area contributed by atoms with Gasteiger partial charge in [-0.25, -0.2) is 9.69 Å². The molecule has 3 heterocycles. The lowest BCUT2D eigenvalue weighted by atomic mass is 10.0. The van der Waals surface area contributed by atoms with Gasteiger partial charge in [-0.05, 0) is 36.6 Å². The number of carbonyl (C=O) groups excluding carboxylic acids is 6. The van der Waals surface area contributed by atoms with E-state index >= 15 is 0 Å². The fraction of sp³-hybridized carbons (Fsp3) is 0.320. The molecule has 1 unspecified atom stereocenters. The SMILES string of the molecule is CC(C)[C@H](NC(=O)c1cccnc1)C(=O)OCN1C(=O)CCC(N2C(=O)c3ccccc3C2=O)C1=O. The number of aromatic nitrogens is 1. The van der Waals surface area contributed by atoms with Gasteiger partial charge in [0.25, 0.3) is 23.6 Å². The molecule has 1 aromatic carbocycles. The van der Waals surface area contributed by atoms with Gasteiger partial charge in [-0.1, -0.05) is 26.0 Å². The molecule has 0 aliphatic carbocycles. The molecule has 1 N–H and O–H groups in total. The highest BCUT2D eigenvalue weighted by Gasteiger charge is 2.47. The summed E-state index contributed by atoms with van der Waals surface area (Å²) in [7, 11) is 0. The molecule has 2 aromatic rings. The quantitative estimate of drug-likeness (QED) is 0.448. The number of imide groups is 2. The fourth-order valence-corrected chi connectivity index (χ4v) is 4.12. The van der Waals surface area contributed by atoms with Crippen LogP contribution in [-0.2, 0) is 19.1 Å². The summed E-state index contributed by atoms with van der Waals surface area (Å²) in [5.41, 5.74) is 0.629. The standard InChI is InChI=1S/C25H24N4O7/c1-14(2)20(27-21(31)15-6-5-11-26-12-15)25(35)36-13-28-19(30)10-9-18(24(28)34)29-22(32)16-7-3-4-8-17(16)23(29)33/h3-8,11-12,14,18,20H,9-10,13H2,1-2H3,(H,27,31)/t18?,20-/m0/s1. The van der Waals surface area contributed by atoms with Crippen LogP contribution in [0.25, 0.3) is 0 Å². The maximum Gasteiger partial charge on any atom is 0.330 e. The zero-order valence-electron chi connectivity index (χ0n) is 19.7. The highest BCUT2D eigenvalue weighted by atomic mass is 16.5. The topological polar surface area (TPSA) is 143 Å². The molecule has 4 rings (SSSR count). The van der Waals surface area contributed by atoms with E-state index in [2.05, 4.69) is 10.3 Å². The molecule has 0 spiro atoms. The van der Waals surface area contributed by atoms with Crippen LogP contribution < -0.4 is 5.32 Å². The molecule has 11 nitrogen and oxygen atoms in total. The largest absolute Gasteiger partial charge is 0.442 e. The van der Waals surface area contributed by atoms with Crippen molar-refractivity contribution in [3.8, 4) is 0 Å². The Balaban J connectivity index is 1.44. The highest BCUT2D eigenvalue weighted by Crippen LogP contribution is 2.29. The number of hydrogen-bond donors (Lipinski definition) is 1. The molecule has 0 radical (unpaired) electrons. The second-order valence-electron chi connectivity index (χ2n) is 8.77. The lowest BCUT2D eigenvalue weighted by Crippen LogP contribution is -2.57. The fourth-order valence-electron chi connectivity index (χ4n) is 4.12. The number of nitrogens with zero attached hydrogens (tertiary/aromatic N) is 3. The van der Waals surface area contributed by atoms with Crippen molar-refractivity contribution in [2.24, 2.45) is 5.92 Å². The van der Waals surface area contributed by atoms with Crippen molar-refractivity contribution in [3.63, 3.8) is 0 Å². The zero-order valence-corrected chi connectivity index (χ0v) is 19.7. The number of fused-ring (bicyclic) bond motifs is 1. The van der Waals surface area contributed by atoms with Crippen molar-refractivity contribution in [1.29, 1.82) is 0 Å². The molecule has 2 aliphatic heterocycles. The molecule has 0 bridgehead atoms. The molecule has 36 heavy (non-hydrogen) atoms. The summed E-state index contributed by atoms with van der Waals surface area (Å²) in [4.78, 5) is 81.9. The molecule has 5 amide bonds. The Bertz CT molecular complexity index is 1210. The zero-order chi connectivity index (χ0) is 26.0. The summed E-state index contributed by atoms with van der Waals surface area (Å²) in [5.74, 6) is -4.37. The van der Waals surface area contributed by atoms with Gasteiger partial charge in [0.2, 0.25) is 5.91 Å². The third kappa shape index (κ3) is 4.59. The molecular formula is C25H24N4O7. The van der Waals surface area contributed by atoms with Crippen molar-refractivity contribution in [2.75, 3.05) is 6.73 Å². The van der Waals surface area contributed by atoms with Crippen LogP contribution in [0.3, 0.4) is 0 Å². The number of benzene rings is 1. The van der Waals surface area contributed by atoms with Crippen molar-refractivity contribution in [3.05, 3.63) is 65.5 Å². The highest BCUT2D eigenvalue weighted by molar-refractivity contribution is 6.23. The van der Waals surface area contributed by atoms with Gasteiger partial charge in [0.05, 0.1) is 16.7 Å². The van der Waals surface area contributed by atoms with Gasteiger partial charge in [0, 0.05) is 18.8 Å². The molecule has 2 aliphatic rings. The van der Waals surface area contributed by atoms with Crippen molar-refractivity contribution in [2.45, 2.75) is 38.8 Å². The average Bonchev–Trinajstić information content (AvgIpc) is 3.12. The second kappa shape index (κ2) is 10.1. The third-order valence-electron chi connectivity index (χ3n) is 6.09. The van der Waals surface area contributed by atoms with E-state index in [1.807, 2.05) is 0 Å². The van der Waals surface area contributed by atoms with E-state index in [1.165, 1.54) is 30.6 Å². The molecule has 186 valence electrons. The predicted molar refractivity (Wildman–Crippen MR) is 123 cm³/mol. The lowest BCUT2D eigenvalue weighted by Gasteiger charge is -2.34. The summed E-state index contributed by atoms with van der Waals surface area (Å²) in [6, 6.07) is 7.09. The number of hydrogen-bond acceptors (Lipinski definition) is 8. The van der Waals surface area contributed by atoms with Crippen LogP contribution >= 0.6 is 0 Å². The molecule has 1 fully saturated rings. The Morgan fingerprint density at radius 1 is 1.06 bits per heavy atom. The molecular weight excluding hydrogens is 468 g/mol. The number of nitrogens with one attached hydrogen (secondary N) is 1. The second-order valence-corrected chi connectivity index (χ2v) is 8.77. The Morgan fingerprint density at radius 3 is 2.31 bits per heavy atom. The van der Waals surface area contributed by atoms with E-state index in [4.69, 9.17) is 4.74 Å². The van der Waals surface area contributed by atoms with E-state index in [1.54, 1.807) is 32.0 Å². The summed E-state index contributed by atoms with van der Waals surface area (Å²) in [5, 5.41) is 2.58. The van der Waals surface area contributed by atoms with E-state index in [-0.39, 0.29) is 35.4 Å². The first-order chi connectivity index (χ1) is 17.2. The number of rotatable bonds is 7. The van der Waals surface area contributed by atoms with Gasteiger partial charge in [-0.3, -0.25) is 33.9 Å². The number of esters is 1. The minimum Gasteiger partial charge on any atom is -0.442 e. The number of pyridine rings is 1. The van der Waals surface area contributed by atoms with Crippen LogP contribution in [0.1, 0.15) is 57.8 Å². The van der Waals surface area contributed by atoms with E-state index < -0.39 is 54.3 Å². The van der Waals surface area contributed by atoms with Crippen LogP contribution in [0.15, 0.2) is 48.8 Å². The number of ether oxygens (including phenoxy) is 1. The van der Waals surface area contributed by atoms with Crippen LogP contribution in [-0.4, -0.2) is 69.1 Å². The summed E-state index contributed by atoms with van der Waals surface area (Å²) >= 11 is 0. The molecule has 1 aromatic heterocycles. The van der Waals surface area contributed by atoms with Gasteiger partial charge in [-0.15, -0.1) is 0 Å². The lowest BCUT2D eigenvalue weighted by molar-refractivity contribution is -0.165. The summed E-state index contributed by atoms with van der Waals surface area (Å²) in [6.07, 6.45) is 2.71. The van der Waals surface area contributed by atoms with Crippen LogP contribution in [0.2, 0.25) is 0 Å². The molecule has 11 heteroatoms. The minimum atomic E-state index is -1.19. The summed E-state index contributed by atoms with van der Waals surface area (Å²) < 4.78 is 5.24. The van der Waals surface area contributed by atoms with Crippen molar-refractivity contribution >= 4 is 35.5 Å². The Kier molecular flexibility index (Phi) is 6.91. The monoisotopic (exact) mass is 492 g/mol. The van der Waals surface area contributed by atoms with Gasteiger partial charge in [0.1, 0.15) is 12.1 Å². The van der Waals surface area contributed by atoms with E-state index in [9.17, 15) is 28.8 Å². The maximum atomic E-state index is 13.1. The van der Waals surface area contributed by atoms with Gasteiger partial charge in [-0.2, -0.15) is 0 Å². The van der Waals surface area contributed by atoms with Crippen LogP contribution in [0, 0.1) is 5.92 Å². The van der Waals surface area contributed by atoms with E-state index in [0.717, 1.165) is 9.80 Å². The van der Waals surface area contributed by atoms with Gasteiger partial charge in [0.15, 0.2) is 6.73 Å². The number of amides is 5. The number of carbonyl (C=O) groups is 6. The first kappa shape index (κ1) is 24.7. The minimum absolute atomic E-state index is 0.0244. The maximum absolute atomic E-state index is 13.1. The first-order valence-electron chi connectivity index (χ1n) is 11.4. The number of likely N-dealkylation sites (tertiary alicyclic amines) is 1. The van der Waals surface area contributed by atoms with Gasteiger partial charge < -0.3 is 10.1 Å².